The summed E-state index contributed by atoms with van der Waals surface area (Å²) in [5, 5.41) is 17.5. The molecular weight excluding hydrogens is 332 g/mol. The van der Waals surface area contributed by atoms with Gasteiger partial charge in [-0.25, -0.2) is 0 Å². The molecule has 0 aromatic carbocycles. The Labute approximate surface area is 158 Å². The fraction of sp³-hybridized carbons (Fsp3) is 0.857. The molecule has 2 N–H and O–H groups in total. The maximum Gasteiger partial charge on any atom is 0.306 e. The highest BCUT2D eigenvalue weighted by Crippen LogP contribution is 2.15. The van der Waals surface area contributed by atoms with Crippen LogP contribution in [-0.2, 0) is 14.4 Å². The van der Waals surface area contributed by atoms with Crippen LogP contribution >= 0.6 is 0 Å². The number of carbonyl (C=O) groups is 3. The summed E-state index contributed by atoms with van der Waals surface area (Å²) in [6.45, 7) is 1.81. The van der Waals surface area contributed by atoms with Gasteiger partial charge in [-0.05, 0) is 19.3 Å². The van der Waals surface area contributed by atoms with Crippen LogP contribution in [0.1, 0.15) is 110 Å². The molecule has 0 heterocycles. The highest BCUT2D eigenvalue weighted by atomic mass is 16.4. The predicted octanol–water partition coefficient (Wildman–Crippen LogP) is 5.60. The second-order valence-electron chi connectivity index (χ2n) is 7.32. The van der Waals surface area contributed by atoms with Crippen LogP contribution in [0.3, 0.4) is 0 Å². The number of unbranched alkanes of at least 4 members (excludes halogenated alkanes) is 11. The molecule has 0 aliphatic heterocycles. The quantitative estimate of drug-likeness (QED) is 0.289. The Kier molecular flexibility index (Phi) is 16.1. The third-order valence-electron chi connectivity index (χ3n) is 4.91. The number of carboxylic acid groups (broad SMARTS) is 2. The van der Waals surface area contributed by atoms with E-state index in [2.05, 4.69) is 0 Å². The second kappa shape index (κ2) is 17.0. The molecule has 0 radical (unpaired) electrons. The minimum absolute atomic E-state index is 0.0857. The van der Waals surface area contributed by atoms with Gasteiger partial charge in [0, 0.05) is 19.3 Å². The van der Waals surface area contributed by atoms with Crippen LogP contribution in [0.15, 0.2) is 0 Å². The Hall–Kier alpha value is -1.39. The van der Waals surface area contributed by atoms with E-state index in [1.165, 1.54) is 38.5 Å². The van der Waals surface area contributed by atoms with Crippen molar-refractivity contribution >= 4 is 17.7 Å². The number of carboxylic acids is 2. The van der Waals surface area contributed by atoms with Crippen molar-refractivity contribution in [2.45, 2.75) is 110 Å². The maximum absolute atomic E-state index is 11.8. The molecule has 0 saturated carbocycles. The van der Waals surface area contributed by atoms with E-state index in [1.54, 1.807) is 0 Å². The Morgan fingerprint density at radius 1 is 0.654 bits per heavy atom. The van der Waals surface area contributed by atoms with Crippen molar-refractivity contribution in [3.8, 4) is 0 Å². The second-order valence-corrected chi connectivity index (χ2v) is 7.32. The minimum Gasteiger partial charge on any atom is -0.481 e. The van der Waals surface area contributed by atoms with Gasteiger partial charge in [0.05, 0.1) is 5.92 Å². The monoisotopic (exact) mass is 370 g/mol. The predicted molar refractivity (Wildman–Crippen MR) is 103 cm³/mol. The minimum atomic E-state index is -0.860. The zero-order chi connectivity index (χ0) is 19.6. The first-order valence-electron chi connectivity index (χ1n) is 10.4. The van der Waals surface area contributed by atoms with E-state index in [4.69, 9.17) is 10.2 Å². The van der Waals surface area contributed by atoms with E-state index < -0.39 is 17.9 Å². The first kappa shape index (κ1) is 24.6. The highest BCUT2D eigenvalue weighted by molar-refractivity contribution is 5.83. The van der Waals surface area contributed by atoms with E-state index in [9.17, 15) is 14.4 Å². The van der Waals surface area contributed by atoms with Gasteiger partial charge in [-0.2, -0.15) is 0 Å². The summed E-state index contributed by atoms with van der Waals surface area (Å²) < 4.78 is 0. The molecule has 0 aliphatic carbocycles. The molecule has 0 aliphatic rings. The molecular formula is C21H38O5. The van der Waals surface area contributed by atoms with Crippen LogP contribution in [0, 0.1) is 5.92 Å². The van der Waals surface area contributed by atoms with Crippen LogP contribution in [-0.4, -0.2) is 27.9 Å². The molecule has 5 nitrogen and oxygen atoms in total. The highest BCUT2D eigenvalue weighted by Gasteiger charge is 2.18. The van der Waals surface area contributed by atoms with Crippen molar-refractivity contribution in [3.63, 3.8) is 0 Å². The van der Waals surface area contributed by atoms with E-state index in [-0.39, 0.29) is 12.2 Å². The van der Waals surface area contributed by atoms with E-state index in [0.717, 1.165) is 38.5 Å². The summed E-state index contributed by atoms with van der Waals surface area (Å²) in [5.41, 5.74) is 0. The Bertz CT molecular complexity index is 392. The van der Waals surface area contributed by atoms with Crippen LogP contribution in [0.5, 0.6) is 0 Å². The maximum atomic E-state index is 11.8. The molecule has 1 atom stereocenters. The van der Waals surface area contributed by atoms with Crippen LogP contribution in [0.25, 0.3) is 0 Å². The lowest BCUT2D eigenvalue weighted by molar-refractivity contribution is -0.144. The normalized spacial score (nSPS) is 12.0. The fourth-order valence-corrected chi connectivity index (χ4v) is 3.15. The van der Waals surface area contributed by atoms with Gasteiger partial charge >= 0.3 is 11.9 Å². The van der Waals surface area contributed by atoms with Crippen molar-refractivity contribution < 1.29 is 24.6 Å². The van der Waals surface area contributed by atoms with Crippen LogP contribution in [0.4, 0.5) is 0 Å². The number of rotatable bonds is 19. The molecule has 0 rings (SSSR count). The average Bonchev–Trinajstić information content (AvgIpc) is 2.59. The zero-order valence-corrected chi connectivity index (χ0v) is 16.5. The molecule has 152 valence electrons. The van der Waals surface area contributed by atoms with Crippen LogP contribution in [0.2, 0.25) is 0 Å². The summed E-state index contributed by atoms with van der Waals surface area (Å²) >= 11 is 0. The van der Waals surface area contributed by atoms with E-state index in [1.807, 2.05) is 6.92 Å². The first-order valence-corrected chi connectivity index (χ1v) is 10.4. The topological polar surface area (TPSA) is 91.7 Å². The van der Waals surface area contributed by atoms with Gasteiger partial charge in [-0.15, -0.1) is 0 Å². The molecule has 0 fully saturated rings. The smallest absolute Gasteiger partial charge is 0.306 e. The van der Waals surface area contributed by atoms with Gasteiger partial charge in [0.15, 0.2) is 0 Å². The number of carbonyl (C=O) groups excluding carboxylic acids is 1. The van der Waals surface area contributed by atoms with Gasteiger partial charge in [0.2, 0.25) is 0 Å². The Morgan fingerprint density at radius 3 is 1.38 bits per heavy atom. The number of hydrogen-bond acceptors (Lipinski definition) is 3. The molecule has 0 aromatic heterocycles. The number of ketones is 1. The fourth-order valence-electron chi connectivity index (χ4n) is 3.15. The van der Waals surface area contributed by atoms with Crippen molar-refractivity contribution in [2.75, 3.05) is 0 Å². The first-order chi connectivity index (χ1) is 12.5. The summed E-state index contributed by atoms with van der Waals surface area (Å²) in [6.07, 6.45) is 15.0. The Morgan fingerprint density at radius 2 is 1.04 bits per heavy atom. The lowest BCUT2D eigenvalue weighted by Crippen LogP contribution is -2.17. The summed E-state index contributed by atoms with van der Waals surface area (Å²) in [4.78, 5) is 33.0. The van der Waals surface area contributed by atoms with Crippen molar-refractivity contribution in [1.29, 1.82) is 0 Å². The van der Waals surface area contributed by atoms with Gasteiger partial charge in [0.1, 0.15) is 5.78 Å². The van der Waals surface area contributed by atoms with Gasteiger partial charge in [-0.1, -0.05) is 71.1 Å². The SMILES string of the molecule is CC[C@H](CC(=O)CCCCCCCCCCCCCCC(=O)O)C(=O)O. The van der Waals surface area contributed by atoms with Crippen molar-refractivity contribution in [1.82, 2.24) is 0 Å². The third kappa shape index (κ3) is 16.1. The lowest BCUT2D eigenvalue weighted by atomic mass is 9.97. The van der Waals surface area contributed by atoms with Crippen molar-refractivity contribution in [2.24, 2.45) is 5.92 Å². The summed E-state index contributed by atoms with van der Waals surface area (Å²) in [7, 11) is 0. The third-order valence-corrected chi connectivity index (χ3v) is 4.91. The number of Topliss-reactive ketones (excluding diaryl/α,β-unsaturated/α-hetero) is 1. The molecule has 0 unspecified atom stereocenters. The Balaban J connectivity index is 3.30. The lowest BCUT2D eigenvalue weighted by Gasteiger charge is -2.08. The number of hydrogen-bond donors (Lipinski definition) is 2. The molecule has 0 amide bonds. The standard InChI is InChI=1S/C21H38O5/c1-2-18(21(25)26)17-19(22)15-13-11-9-7-5-3-4-6-8-10-12-14-16-20(23)24/h18H,2-17H2,1H3,(H,23,24)(H,25,26)/t18-/m1/s1. The zero-order valence-electron chi connectivity index (χ0n) is 16.5. The van der Waals surface area contributed by atoms with E-state index in [0.29, 0.717) is 19.3 Å². The molecule has 0 spiro atoms. The summed E-state index contributed by atoms with van der Waals surface area (Å²) in [5.74, 6) is -1.98. The van der Waals surface area contributed by atoms with Gasteiger partial charge < -0.3 is 10.2 Å². The van der Waals surface area contributed by atoms with Crippen molar-refractivity contribution in [3.05, 3.63) is 0 Å². The summed E-state index contributed by atoms with van der Waals surface area (Å²) in [6, 6.07) is 0. The number of aliphatic carboxylic acids is 2. The molecule has 26 heavy (non-hydrogen) atoms. The molecule has 0 aromatic rings. The molecule has 5 heteroatoms. The molecule has 0 bridgehead atoms. The van der Waals surface area contributed by atoms with Crippen LogP contribution < -0.4 is 0 Å². The van der Waals surface area contributed by atoms with E-state index >= 15 is 0 Å². The van der Waals surface area contributed by atoms with Gasteiger partial charge in [0.25, 0.3) is 0 Å². The molecule has 0 saturated heterocycles. The average molecular weight is 371 g/mol. The largest absolute Gasteiger partial charge is 0.481 e. The van der Waals surface area contributed by atoms with Gasteiger partial charge in [-0.3, -0.25) is 14.4 Å².